The fourth-order valence-electron chi connectivity index (χ4n) is 4.84. The molecule has 2 rings (SSSR count). The van der Waals surface area contributed by atoms with Crippen molar-refractivity contribution in [3.05, 3.63) is 0 Å². The van der Waals surface area contributed by atoms with Crippen LogP contribution in [0.4, 0.5) is 0 Å². The van der Waals surface area contributed by atoms with Gasteiger partial charge in [0, 0.05) is 6.04 Å². The second-order valence-corrected chi connectivity index (χ2v) is 8.20. The van der Waals surface area contributed by atoms with Crippen LogP contribution in [0.25, 0.3) is 0 Å². The number of likely N-dealkylation sites (tertiary alicyclic amines) is 1. The number of nitrogens with zero attached hydrogens (tertiary/aromatic N) is 2. The first kappa shape index (κ1) is 18.8. The lowest BCUT2D eigenvalue weighted by atomic mass is 9.70. The predicted octanol–water partition coefficient (Wildman–Crippen LogP) is 5.92. The molecule has 1 saturated heterocycles. The van der Waals surface area contributed by atoms with Crippen LogP contribution in [0.15, 0.2) is 0 Å². The number of nitriles is 1. The Bertz CT molecular complexity index is 355. The molecule has 2 nitrogen and oxygen atoms in total. The summed E-state index contributed by atoms with van der Waals surface area (Å²) in [6.07, 6.45) is 16.7. The van der Waals surface area contributed by atoms with E-state index in [0.717, 1.165) is 31.2 Å². The smallest absolute Gasteiger partial charge is 0.0689 e. The van der Waals surface area contributed by atoms with E-state index in [1.54, 1.807) is 0 Å². The van der Waals surface area contributed by atoms with Gasteiger partial charge in [0.2, 0.25) is 0 Å². The maximum absolute atomic E-state index is 9.72. The summed E-state index contributed by atoms with van der Waals surface area (Å²) >= 11 is 0. The highest BCUT2D eigenvalue weighted by atomic mass is 15.2. The van der Waals surface area contributed by atoms with Crippen LogP contribution in [0, 0.1) is 22.7 Å². The number of unbranched alkanes of at least 4 members (excludes halogenated alkanes) is 3. The van der Waals surface area contributed by atoms with E-state index in [0.29, 0.717) is 0 Å². The Labute approximate surface area is 144 Å². The van der Waals surface area contributed by atoms with E-state index in [-0.39, 0.29) is 5.41 Å². The summed E-state index contributed by atoms with van der Waals surface area (Å²) in [7, 11) is 0. The Hall–Kier alpha value is -0.550. The highest BCUT2D eigenvalue weighted by molar-refractivity contribution is 5.03. The number of rotatable bonds is 8. The Morgan fingerprint density at radius 1 is 0.957 bits per heavy atom. The van der Waals surface area contributed by atoms with Gasteiger partial charge >= 0.3 is 0 Å². The molecule has 2 aliphatic rings. The van der Waals surface area contributed by atoms with Crippen molar-refractivity contribution in [2.24, 2.45) is 11.3 Å². The number of piperidine rings is 1. The average molecular weight is 319 g/mol. The lowest BCUT2D eigenvalue weighted by Gasteiger charge is -2.43. The third-order valence-electron chi connectivity index (χ3n) is 6.52. The number of hydrogen-bond acceptors (Lipinski definition) is 2. The van der Waals surface area contributed by atoms with E-state index >= 15 is 0 Å². The highest BCUT2D eigenvalue weighted by Crippen LogP contribution is 2.42. The molecule has 1 saturated carbocycles. The summed E-state index contributed by atoms with van der Waals surface area (Å²) in [5.41, 5.74) is 0.0186. The van der Waals surface area contributed by atoms with Crippen molar-refractivity contribution in [3.8, 4) is 6.07 Å². The normalized spacial score (nSPS) is 30.2. The van der Waals surface area contributed by atoms with Crippen molar-refractivity contribution in [1.82, 2.24) is 4.90 Å². The minimum atomic E-state index is 0.0186. The van der Waals surface area contributed by atoms with Crippen LogP contribution in [-0.2, 0) is 0 Å². The van der Waals surface area contributed by atoms with Crippen molar-refractivity contribution in [1.29, 1.82) is 5.26 Å². The summed E-state index contributed by atoms with van der Waals surface area (Å²) in [5.74, 6) is 0.983. The second-order valence-electron chi connectivity index (χ2n) is 8.20. The van der Waals surface area contributed by atoms with Gasteiger partial charge in [0.1, 0.15) is 0 Å². The zero-order valence-corrected chi connectivity index (χ0v) is 15.7. The van der Waals surface area contributed by atoms with Crippen molar-refractivity contribution in [3.63, 3.8) is 0 Å². The van der Waals surface area contributed by atoms with Crippen LogP contribution in [0.1, 0.15) is 97.3 Å². The molecule has 0 spiro atoms. The predicted molar refractivity (Wildman–Crippen MR) is 98.3 cm³/mol. The molecule has 0 bridgehead atoms. The van der Waals surface area contributed by atoms with E-state index in [9.17, 15) is 5.26 Å². The molecule has 0 aromatic rings. The second kappa shape index (κ2) is 9.67. The fraction of sp³-hybridized carbons (Fsp3) is 0.952. The zero-order valence-electron chi connectivity index (χ0n) is 15.7. The van der Waals surface area contributed by atoms with E-state index in [1.165, 1.54) is 77.3 Å². The van der Waals surface area contributed by atoms with Crippen molar-refractivity contribution >= 4 is 0 Å². The molecule has 2 heteroatoms. The summed E-state index contributed by atoms with van der Waals surface area (Å²) in [6, 6.07) is 3.50. The lowest BCUT2D eigenvalue weighted by Crippen LogP contribution is -2.44. The molecule has 0 amide bonds. The molecule has 1 heterocycles. The van der Waals surface area contributed by atoms with Crippen molar-refractivity contribution < 1.29 is 0 Å². The van der Waals surface area contributed by atoms with Gasteiger partial charge in [-0.15, -0.1) is 0 Å². The van der Waals surface area contributed by atoms with Crippen molar-refractivity contribution in [2.75, 3.05) is 13.1 Å². The maximum atomic E-state index is 9.72. The molecule has 23 heavy (non-hydrogen) atoms. The Morgan fingerprint density at radius 2 is 1.65 bits per heavy atom. The SMILES string of the molecule is CCCCCC[C@]1(C#N)CC[C@H](N2CCC(CCC)CC2)CC1. The minimum Gasteiger partial charge on any atom is -0.300 e. The summed E-state index contributed by atoms with van der Waals surface area (Å²) < 4.78 is 0. The van der Waals surface area contributed by atoms with Gasteiger partial charge in [0.15, 0.2) is 0 Å². The molecular formula is C21H38N2. The summed E-state index contributed by atoms with van der Waals surface area (Å²) in [6.45, 7) is 7.20. The van der Waals surface area contributed by atoms with Crippen LogP contribution >= 0.6 is 0 Å². The molecule has 1 aliphatic carbocycles. The molecule has 0 radical (unpaired) electrons. The first-order valence-corrected chi connectivity index (χ1v) is 10.4. The van der Waals surface area contributed by atoms with Gasteiger partial charge in [0.05, 0.1) is 11.5 Å². The Balaban J connectivity index is 1.73. The third-order valence-corrected chi connectivity index (χ3v) is 6.52. The van der Waals surface area contributed by atoms with Crippen LogP contribution < -0.4 is 0 Å². The first-order chi connectivity index (χ1) is 11.2. The molecule has 0 aromatic carbocycles. The maximum Gasteiger partial charge on any atom is 0.0689 e. The molecule has 0 N–H and O–H groups in total. The third kappa shape index (κ3) is 5.49. The summed E-state index contributed by atoms with van der Waals surface area (Å²) in [4.78, 5) is 2.75. The van der Waals surface area contributed by atoms with Gasteiger partial charge in [0.25, 0.3) is 0 Å². The largest absolute Gasteiger partial charge is 0.300 e. The quantitative estimate of drug-likeness (QED) is 0.519. The fourth-order valence-corrected chi connectivity index (χ4v) is 4.84. The zero-order chi connectivity index (χ0) is 16.5. The molecule has 2 fully saturated rings. The molecule has 0 aromatic heterocycles. The van der Waals surface area contributed by atoms with Gasteiger partial charge in [-0.25, -0.2) is 0 Å². The van der Waals surface area contributed by atoms with Gasteiger partial charge in [-0.05, 0) is 64.0 Å². The Kier molecular flexibility index (Phi) is 7.90. The summed E-state index contributed by atoms with van der Waals surface area (Å²) in [5, 5.41) is 9.72. The van der Waals surface area contributed by atoms with Crippen LogP contribution in [0.5, 0.6) is 0 Å². The lowest BCUT2D eigenvalue weighted by molar-refractivity contribution is 0.0758. The van der Waals surface area contributed by atoms with E-state index in [1.807, 2.05) is 0 Å². The molecule has 132 valence electrons. The molecule has 0 atom stereocenters. The molecular weight excluding hydrogens is 280 g/mol. The van der Waals surface area contributed by atoms with Crippen LogP contribution in [-0.4, -0.2) is 24.0 Å². The standard InChI is InChI=1S/C21H38N2/c1-3-5-6-7-13-21(18-22)14-9-20(10-15-21)23-16-11-19(8-4-2)12-17-23/h19-20H,3-17H2,1-2H3/t20-,21-. The van der Waals surface area contributed by atoms with Crippen LogP contribution in [0.2, 0.25) is 0 Å². The van der Waals surface area contributed by atoms with E-state index in [2.05, 4.69) is 24.8 Å². The Morgan fingerprint density at radius 3 is 2.22 bits per heavy atom. The first-order valence-electron chi connectivity index (χ1n) is 10.4. The monoisotopic (exact) mass is 318 g/mol. The van der Waals surface area contributed by atoms with Gasteiger partial charge in [-0.1, -0.05) is 52.4 Å². The molecule has 1 aliphatic heterocycles. The van der Waals surface area contributed by atoms with E-state index < -0.39 is 0 Å². The van der Waals surface area contributed by atoms with Gasteiger partial charge in [-0.2, -0.15) is 5.26 Å². The van der Waals surface area contributed by atoms with Crippen LogP contribution in [0.3, 0.4) is 0 Å². The minimum absolute atomic E-state index is 0.0186. The topological polar surface area (TPSA) is 27.0 Å². The van der Waals surface area contributed by atoms with E-state index in [4.69, 9.17) is 0 Å². The number of hydrogen-bond donors (Lipinski definition) is 0. The van der Waals surface area contributed by atoms with Gasteiger partial charge < -0.3 is 4.90 Å². The average Bonchev–Trinajstić information content (AvgIpc) is 2.60. The van der Waals surface area contributed by atoms with Crippen molar-refractivity contribution in [2.45, 2.75) is 103 Å². The molecule has 0 unspecified atom stereocenters. The van der Waals surface area contributed by atoms with Gasteiger partial charge in [-0.3, -0.25) is 0 Å². The highest BCUT2D eigenvalue weighted by Gasteiger charge is 2.37.